The van der Waals surface area contributed by atoms with E-state index in [0.717, 1.165) is 6.07 Å². The number of carbonyl (C=O) groups excluding carboxylic acids is 2. The Morgan fingerprint density at radius 1 is 1.21 bits per heavy atom. The number of aliphatic hydroxyl groups is 1. The molecule has 1 N–H and O–H groups in total. The molecule has 4 aromatic rings. The topological polar surface area (TPSA) is 92.9 Å². The number of aliphatic hydroxyl groups excluding tert-OH is 1. The van der Waals surface area contributed by atoms with Gasteiger partial charge in [-0.15, -0.1) is 0 Å². The third-order valence-corrected chi connectivity index (χ3v) is 5.88. The molecule has 1 aliphatic heterocycles. The molecule has 34 heavy (non-hydrogen) atoms. The Hall–Kier alpha value is -4.17. The molecule has 1 atom stereocenters. The van der Waals surface area contributed by atoms with Gasteiger partial charge in [-0.2, -0.15) is 0 Å². The van der Waals surface area contributed by atoms with Gasteiger partial charge < -0.3 is 14.3 Å². The minimum atomic E-state index is -1.05. The molecule has 0 saturated heterocycles. The second-order valence-electron chi connectivity index (χ2n) is 7.54. The first-order valence-electron chi connectivity index (χ1n) is 10.1. The van der Waals surface area contributed by atoms with Gasteiger partial charge in [0.05, 0.1) is 23.7 Å². The smallest absolute Gasteiger partial charge is 0.294 e. The van der Waals surface area contributed by atoms with Gasteiger partial charge in [0.15, 0.2) is 22.9 Å². The highest BCUT2D eigenvalue weighted by Gasteiger charge is 2.45. The number of carbonyl (C=O) groups is 2. The Labute approximate surface area is 197 Å². The first kappa shape index (κ1) is 21.7. The molecule has 7 nitrogen and oxygen atoms in total. The molecule has 3 heterocycles. The second kappa shape index (κ2) is 8.31. The van der Waals surface area contributed by atoms with Crippen molar-refractivity contribution >= 4 is 39.9 Å². The zero-order valence-corrected chi connectivity index (χ0v) is 18.4. The molecule has 0 saturated carbocycles. The number of furan rings is 1. The van der Waals surface area contributed by atoms with Crippen LogP contribution in [0.4, 0.5) is 10.1 Å². The zero-order valence-electron chi connectivity index (χ0n) is 17.7. The summed E-state index contributed by atoms with van der Waals surface area (Å²) in [5, 5.41) is 11.2. The van der Waals surface area contributed by atoms with Gasteiger partial charge in [0.25, 0.3) is 5.91 Å². The van der Waals surface area contributed by atoms with E-state index in [4.69, 9.17) is 20.8 Å². The van der Waals surface area contributed by atoms with Gasteiger partial charge in [-0.3, -0.25) is 19.5 Å². The summed E-state index contributed by atoms with van der Waals surface area (Å²) < 4.78 is 24.8. The van der Waals surface area contributed by atoms with E-state index < -0.39 is 29.3 Å². The third-order valence-electron chi connectivity index (χ3n) is 5.59. The minimum Gasteiger partial charge on any atom is -0.503 e. The largest absolute Gasteiger partial charge is 0.503 e. The third kappa shape index (κ3) is 3.39. The van der Waals surface area contributed by atoms with Crippen molar-refractivity contribution in [2.45, 2.75) is 6.04 Å². The number of hydrogen-bond donors (Lipinski definition) is 1. The lowest BCUT2D eigenvalue weighted by Crippen LogP contribution is -2.31. The minimum absolute atomic E-state index is 0.0817. The number of para-hydroxylation sites is 1. The number of ether oxygens (including phenoxy) is 1. The lowest BCUT2D eigenvalue weighted by Gasteiger charge is -2.26. The number of methoxy groups -OCH3 is 1. The van der Waals surface area contributed by atoms with E-state index in [2.05, 4.69) is 4.98 Å². The molecule has 5 rings (SSSR count). The monoisotopic (exact) mass is 478 g/mol. The maximum Gasteiger partial charge on any atom is 0.294 e. The van der Waals surface area contributed by atoms with Crippen molar-refractivity contribution in [1.29, 1.82) is 0 Å². The van der Waals surface area contributed by atoms with Crippen molar-refractivity contribution in [2.75, 3.05) is 12.0 Å². The molecule has 170 valence electrons. The Bertz CT molecular complexity index is 1480. The van der Waals surface area contributed by atoms with E-state index in [-0.39, 0.29) is 22.0 Å². The highest BCUT2D eigenvalue weighted by molar-refractivity contribution is 6.31. The van der Waals surface area contributed by atoms with Crippen molar-refractivity contribution < 1.29 is 28.2 Å². The van der Waals surface area contributed by atoms with Crippen LogP contribution in [0.5, 0.6) is 5.75 Å². The molecule has 2 aromatic carbocycles. The summed E-state index contributed by atoms with van der Waals surface area (Å²) in [5.41, 5.74) is 0.817. The Balaban J connectivity index is 1.66. The molecule has 0 aliphatic carbocycles. The number of halogens is 2. The SMILES string of the molecule is COc1cccc2cc(C(=O)C3=C(O)C(=O)N(c4ccc(F)c(Cl)c4)C3c3cccnc3)oc12. The van der Waals surface area contributed by atoms with Crippen LogP contribution in [0.25, 0.3) is 11.0 Å². The number of anilines is 1. The van der Waals surface area contributed by atoms with Gasteiger partial charge >= 0.3 is 0 Å². The van der Waals surface area contributed by atoms with Crippen molar-refractivity contribution in [3.63, 3.8) is 0 Å². The predicted molar refractivity (Wildman–Crippen MR) is 123 cm³/mol. The van der Waals surface area contributed by atoms with Gasteiger partial charge in [-0.1, -0.05) is 29.8 Å². The van der Waals surface area contributed by atoms with Crippen LogP contribution in [0.3, 0.4) is 0 Å². The normalized spacial score (nSPS) is 15.9. The summed E-state index contributed by atoms with van der Waals surface area (Å²) in [5.74, 6) is -2.58. The summed E-state index contributed by atoms with van der Waals surface area (Å²) in [7, 11) is 1.48. The zero-order chi connectivity index (χ0) is 24.0. The quantitative estimate of drug-likeness (QED) is 0.385. The van der Waals surface area contributed by atoms with Crippen molar-refractivity contribution in [2.24, 2.45) is 0 Å². The van der Waals surface area contributed by atoms with Gasteiger partial charge in [0.2, 0.25) is 5.78 Å². The van der Waals surface area contributed by atoms with E-state index in [1.807, 2.05) is 0 Å². The van der Waals surface area contributed by atoms with Crippen LogP contribution in [0, 0.1) is 5.82 Å². The number of hydrogen-bond acceptors (Lipinski definition) is 6. The van der Waals surface area contributed by atoms with E-state index >= 15 is 0 Å². The lowest BCUT2D eigenvalue weighted by atomic mass is 9.96. The molecule has 1 amide bonds. The summed E-state index contributed by atoms with van der Waals surface area (Å²) >= 11 is 5.94. The van der Waals surface area contributed by atoms with Gasteiger partial charge in [0.1, 0.15) is 5.82 Å². The average Bonchev–Trinajstić information content (AvgIpc) is 3.40. The number of amides is 1. The predicted octanol–water partition coefficient (Wildman–Crippen LogP) is 5.41. The lowest BCUT2D eigenvalue weighted by molar-refractivity contribution is -0.117. The van der Waals surface area contributed by atoms with Crippen LogP contribution in [0.15, 0.2) is 82.7 Å². The summed E-state index contributed by atoms with van der Waals surface area (Å²) in [4.78, 5) is 32.0. The fourth-order valence-electron chi connectivity index (χ4n) is 4.03. The van der Waals surface area contributed by atoms with Crippen molar-refractivity contribution in [1.82, 2.24) is 4.98 Å². The van der Waals surface area contributed by atoms with Gasteiger partial charge in [-0.25, -0.2) is 4.39 Å². The Morgan fingerprint density at radius 3 is 2.74 bits per heavy atom. The van der Waals surface area contributed by atoms with E-state index in [9.17, 15) is 19.1 Å². The first-order chi connectivity index (χ1) is 16.4. The van der Waals surface area contributed by atoms with Crippen LogP contribution < -0.4 is 9.64 Å². The molecule has 9 heteroatoms. The molecule has 0 spiro atoms. The molecule has 2 aromatic heterocycles. The molecule has 1 unspecified atom stereocenters. The highest BCUT2D eigenvalue weighted by atomic mass is 35.5. The standard InChI is InChI=1S/C25H16ClFN2O5/c1-33-18-6-2-4-13-10-19(34-24(13)18)22(30)20-21(14-5-3-9-28-12-14)29(25(32)23(20)31)15-7-8-17(27)16(26)11-15/h2-12,21,31H,1H3. The van der Waals surface area contributed by atoms with Crippen LogP contribution in [-0.4, -0.2) is 28.9 Å². The maximum absolute atomic E-state index is 13.8. The molecule has 0 fully saturated rings. The number of rotatable bonds is 5. The average molecular weight is 479 g/mol. The second-order valence-corrected chi connectivity index (χ2v) is 7.95. The van der Waals surface area contributed by atoms with Crippen LogP contribution >= 0.6 is 11.6 Å². The van der Waals surface area contributed by atoms with E-state index in [0.29, 0.717) is 22.3 Å². The van der Waals surface area contributed by atoms with Crippen LogP contribution in [-0.2, 0) is 4.79 Å². The summed E-state index contributed by atoms with van der Waals surface area (Å²) in [6, 6.07) is 12.7. The Kier molecular flexibility index (Phi) is 5.30. The molecule has 0 bridgehead atoms. The number of nitrogens with zero attached hydrogens (tertiary/aromatic N) is 2. The molecular weight excluding hydrogens is 463 g/mol. The van der Waals surface area contributed by atoms with Crippen LogP contribution in [0.1, 0.15) is 22.2 Å². The van der Waals surface area contributed by atoms with Gasteiger partial charge in [0, 0.05) is 23.5 Å². The molecule has 0 radical (unpaired) electrons. The molecular formula is C25H16ClFN2O5. The van der Waals surface area contributed by atoms with Crippen molar-refractivity contribution in [3.8, 4) is 5.75 Å². The number of Topliss-reactive ketones (excluding diaryl/α,β-unsaturated/α-hetero) is 1. The number of benzene rings is 2. The van der Waals surface area contributed by atoms with Crippen molar-refractivity contribution in [3.05, 3.63) is 100 Å². The van der Waals surface area contributed by atoms with E-state index in [1.165, 1.54) is 42.6 Å². The fraction of sp³-hybridized carbons (Fsp3) is 0.0800. The summed E-state index contributed by atoms with van der Waals surface area (Å²) in [6.07, 6.45) is 3.01. The number of aromatic nitrogens is 1. The first-order valence-corrected chi connectivity index (χ1v) is 10.5. The maximum atomic E-state index is 13.8. The number of pyridine rings is 1. The molecule has 1 aliphatic rings. The summed E-state index contributed by atoms with van der Waals surface area (Å²) in [6.45, 7) is 0. The van der Waals surface area contributed by atoms with Crippen LogP contribution in [0.2, 0.25) is 5.02 Å². The Morgan fingerprint density at radius 2 is 2.03 bits per heavy atom. The number of fused-ring (bicyclic) bond motifs is 1. The van der Waals surface area contributed by atoms with Gasteiger partial charge in [-0.05, 0) is 42.0 Å². The number of ketones is 1. The van der Waals surface area contributed by atoms with E-state index in [1.54, 1.807) is 30.3 Å². The highest BCUT2D eigenvalue weighted by Crippen LogP contribution is 2.43. The fourth-order valence-corrected chi connectivity index (χ4v) is 4.21.